The number of hydrogen-bond acceptors (Lipinski definition) is 3. The van der Waals surface area contributed by atoms with Crippen molar-refractivity contribution in [3.05, 3.63) is 89.5 Å². The van der Waals surface area contributed by atoms with E-state index in [0.29, 0.717) is 42.5 Å². The Labute approximate surface area is 208 Å². The molecule has 0 aliphatic heterocycles. The van der Waals surface area contributed by atoms with Crippen LogP contribution in [-0.2, 0) is 33.0 Å². The zero-order valence-electron chi connectivity index (χ0n) is 19.7. The topological polar surface area (TPSA) is 75.3 Å². The van der Waals surface area contributed by atoms with E-state index in [1.807, 2.05) is 25.1 Å². The smallest absolute Gasteiger partial charge is 0.351 e. The molecule has 4 rings (SSSR count). The van der Waals surface area contributed by atoms with Gasteiger partial charge in [-0.05, 0) is 54.2 Å². The summed E-state index contributed by atoms with van der Waals surface area (Å²) < 4.78 is 67.0. The number of carbonyl (C=O) groups is 1. The van der Waals surface area contributed by atoms with Crippen molar-refractivity contribution in [2.75, 3.05) is 6.54 Å². The highest BCUT2D eigenvalue weighted by atomic mass is 32.2. The number of carbonyl (C=O) groups excluding carboxylic acids is 1. The average Bonchev–Trinajstić information content (AvgIpc) is 3.68. The molecule has 3 aromatic carbocycles. The third kappa shape index (κ3) is 5.32. The van der Waals surface area contributed by atoms with E-state index in [9.17, 15) is 26.4 Å². The summed E-state index contributed by atoms with van der Waals surface area (Å²) in [5.74, 6) is -0.237. The lowest BCUT2D eigenvalue weighted by atomic mass is 9.87. The number of benzene rings is 3. The highest BCUT2D eigenvalue weighted by molar-refractivity contribution is 7.89. The van der Waals surface area contributed by atoms with Crippen molar-refractivity contribution in [3.63, 3.8) is 0 Å². The Morgan fingerprint density at radius 2 is 1.53 bits per heavy atom. The van der Waals surface area contributed by atoms with Gasteiger partial charge in [0.2, 0.25) is 15.9 Å². The second-order valence-corrected chi connectivity index (χ2v) is 10.6. The van der Waals surface area contributed by atoms with E-state index in [-0.39, 0.29) is 17.3 Å². The van der Waals surface area contributed by atoms with Gasteiger partial charge >= 0.3 is 6.18 Å². The van der Waals surface area contributed by atoms with Crippen LogP contribution in [0.2, 0.25) is 0 Å². The molecule has 5 nitrogen and oxygen atoms in total. The van der Waals surface area contributed by atoms with E-state index in [1.165, 1.54) is 12.1 Å². The third-order valence-electron chi connectivity index (χ3n) is 6.37. The minimum absolute atomic E-state index is 0.0901. The summed E-state index contributed by atoms with van der Waals surface area (Å²) in [6.07, 6.45) is -2.59. The first kappa shape index (κ1) is 25.9. The molecular formula is C27H27F3N2O3S. The molecule has 3 aromatic rings. The number of halogens is 3. The molecule has 1 aliphatic carbocycles. The Morgan fingerprint density at radius 3 is 2.14 bits per heavy atom. The van der Waals surface area contributed by atoms with Gasteiger partial charge in [0.05, 0.1) is 15.9 Å². The molecule has 0 saturated heterocycles. The van der Waals surface area contributed by atoms with Crippen LogP contribution in [0.5, 0.6) is 0 Å². The molecule has 36 heavy (non-hydrogen) atoms. The summed E-state index contributed by atoms with van der Waals surface area (Å²) in [6, 6.07) is 18.7. The summed E-state index contributed by atoms with van der Waals surface area (Å²) in [4.78, 5) is 13.5. The lowest BCUT2D eigenvalue weighted by molar-refractivity contribution is -0.137. The van der Waals surface area contributed by atoms with Gasteiger partial charge in [-0.2, -0.15) is 13.2 Å². The Kier molecular flexibility index (Phi) is 7.24. The van der Waals surface area contributed by atoms with Crippen molar-refractivity contribution in [1.29, 1.82) is 0 Å². The van der Waals surface area contributed by atoms with Crippen LogP contribution >= 0.6 is 0 Å². The first-order valence-corrected chi connectivity index (χ1v) is 13.2. The van der Waals surface area contributed by atoms with Crippen molar-refractivity contribution in [1.82, 2.24) is 10.0 Å². The fraction of sp³-hybridized carbons (Fsp3) is 0.296. The second-order valence-electron chi connectivity index (χ2n) is 8.90. The van der Waals surface area contributed by atoms with Gasteiger partial charge in [-0.25, -0.2) is 13.1 Å². The minimum Gasteiger partial charge on any atom is -0.351 e. The summed E-state index contributed by atoms with van der Waals surface area (Å²) >= 11 is 0. The molecule has 1 aliphatic rings. The molecule has 0 atom stereocenters. The molecule has 0 bridgehead atoms. The standard InChI is InChI=1S/C27H27F3N2O3S/c1-2-17-32-36(34,35)24-10-6-4-8-22(24)21-7-3-5-9-23(21)26(15-16-26)25(33)31-18-19-11-13-20(14-12-19)27(28,29)30/h3-14,32H,2,15-18H2,1H3,(H,31,33). The van der Waals surface area contributed by atoms with Crippen LogP contribution in [-0.4, -0.2) is 20.9 Å². The number of nitrogens with one attached hydrogen (secondary N) is 2. The molecule has 9 heteroatoms. The first-order valence-electron chi connectivity index (χ1n) is 11.7. The Bertz CT molecular complexity index is 1350. The predicted octanol–water partition coefficient (Wildman–Crippen LogP) is 5.41. The summed E-state index contributed by atoms with van der Waals surface area (Å²) in [7, 11) is -3.75. The molecular weight excluding hydrogens is 489 g/mol. The Balaban J connectivity index is 1.61. The van der Waals surface area contributed by atoms with Crippen LogP contribution in [0.3, 0.4) is 0 Å². The second kappa shape index (κ2) is 10.1. The maximum absolute atomic E-state index is 13.3. The number of rotatable bonds is 9. The summed E-state index contributed by atoms with van der Waals surface area (Å²) in [5.41, 5.74) is 0.894. The maximum Gasteiger partial charge on any atom is 0.416 e. The van der Waals surface area contributed by atoms with Gasteiger partial charge in [0.15, 0.2) is 0 Å². The van der Waals surface area contributed by atoms with E-state index in [4.69, 9.17) is 0 Å². The van der Waals surface area contributed by atoms with E-state index in [0.717, 1.165) is 17.7 Å². The van der Waals surface area contributed by atoms with Crippen LogP contribution in [0.4, 0.5) is 13.2 Å². The molecule has 1 amide bonds. The van der Waals surface area contributed by atoms with Crippen LogP contribution < -0.4 is 10.0 Å². The van der Waals surface area contributed by atoms with Crippen LogP contribution in [0.25, 0.3) is 11.1 Å². The third-order valence-corrected chi connectivity index (χ3v) is 7.89. The van der Waals surface area contributed by atoms with Gasteiger partial charge < -0.3 is 5.32 Å². The highest BCUT2D eigenvalue weighted by Crippen LogP contribution is 2.52. The number of alkyl halides is 3. The number of amides is 1. The summed E-state index contributed by atoms with van der Waals surface area (Å²) in [5, 5.41) is 2.86. The maximum atomic E-state index is 13.3. The van der Waals surface area contributed by atoms with Crippen molar-refractivity contribution < 1.29 is 26.4 Å². The van der Waals surface area contributed by atoms with E-state index < -0.39 is 27.2 Å². The fourth-order valence-electron chi connectivity index (χ4n) is 4.28. The van der Waals surface area contributed by atoms with E-state index >= 15 is 0 Å². The average molecular weight is 517 g/mol. The van der Waals surface area contributed by atoms with Crippen molar-refractivity contribution in [2.24, 2.45) is 0 Å². The first-order chi connectivity index (χ1) is 17.1. The monoisotopic (exact) mass is 516 g/mol. The van der Waals surface area contributed by atoms with Gasteiger partial charge in [0.1, 0.15) is 0 Å². The van der Waals surface area contributed by atoms with Crippen LogP contribution in [0, 0.1) is 0 Å². The fourth-order valence-corrected chi connectivity index (χ4v) is 5.63. The van der Waals surface area contributed by atoms with Crippen LogP contribution in [0.15, 0.2) is 77.7 Å². The largest absolute Gasteiger partial charge is 0.416 e. The van der Waals surface area contributed by atoms with Crippen molar-refractivity contribution in [2.45, 2.75) is 49.2 Å². The molecule has 2 N–H and O–H groups in total. The van der Waals surface area contributed by atoms with Gasteiger partial charge in [-0.3, -0.25) is 4.79 Å². The van der Waals surface area contributed by atoms with Gasteiger partial charge in [0, 0.05) is 18.7 Å². The highest BCUT2D eigenvalue weighted by Gasteiger charge is 2.52. The van der Waals surface area contributed by atoms with Crippen molar-refractivity contribution in [3.8, 4) is 11.1 Å². The minimum atomic E-state index is -4.42. The van der Waals surface area contributed by atoms with E-state index in [2.05, 4.69) is 10.0 Å². The van der Waals surface area contributed by atoms with Crippen molar-refractivity contribution >= 4 is 15.9 Å². The lowest BCUT2D eigenvalue weighted by Crippen LogP contribution is -2.34. The van der Waals surface area contributed by atoms with Gasteiger partial charge in [0.25, 0.3) is 0 Å². The lowest BCUT2D eigenvalue weighted by Gasteiger charge is -2.21. The summed E-state index contributed by atoms with van der Waals surface area (Å²) in [6.45, 7) is 2.28. The molecule has 0 spiro atoms. The van der Waals surface area contributed by atoms with E-state index in [1.54, 1.807) is 30.3 Å². The normalized spacial score (nSPS) is 14.9. The molecule has 0 radical (unpaired) electrons. The molecule has 0 heterocycles. The zero-order valence-corrected chi connectivity index (χ0v) is 20.5. The van der Waals surface area contributed by atoms with Gasteiger partial charge in [-0.15, -0.1) is 0 Å². The molecule has 0 aromatic heterocycles. The number of hydrogen-bond donors (Lipinski definition) is 2. The van der Waals surface area contributed by atoms with Crippen LogP contribution in [0.1, 0.15) is 42.9 Å². The Morgan fingerprint density at radius 1 is 0.917 bits per heavy atom. The molecule has 190 valence electrons. The quantitative estimate of drug-likeness (QED) is 0.400. The number of sulfonamides is 1. The molecule has 1 saturated carbocycles. The zero-order chi connectivity index (χ0) is 26.0. The SMILES string of the molecule is CCCNS(=O)(=O)c1ccccc1-c1ccccc1C1(C(=O)NCc2ccc(C(F)(F)F)cc2)CC1. The Hall–Kier alpha value is -3.17. The van der Waals surface area contributed by atoms with Gasteiger partial charge in [-0.1, -0.05) is 61.5 Å². The predicted molar refractivity (Wildman–Crippen MR) is 132 cm³/mol. The molecule has 0 unspecified atom stereocenters. The molecule has 1 fully saturated rings.